The third-order valence-electron chi connectivity index (χ3n) is 10.2. The Morgan fingerprint density at radius 1 is 0.481 bits per heavy atom. The SMILES string of the molecule is COC1=C(O)C(O)C(C)=C(CC=C(C)CCC=C(C)CCC=C(C)CCC=C(C)CCC=C(C)CCC=C(C)CCC=C(C)CCC=C(C)C)C1O. The molecule has 292 valence electrons. The highest BCUT2D eigenvalue weighted by atomic mass is 16.5. The molecule has 3 N–H and O–H groups in total. The summed E-state index contributed by atoms with van der Waals surface area (Å²) < 4.78 is 5.14. The summed E-state index contributed by atoms with van der Waals surface area (Å²) in [6.07, 6.45) is 32.8. The van der Waals surface area contributed by atoms with Crippen molar-refractivity contribution in [3.8, 4) is 0 Å². The van der Waals surface area contributed by atoms with E-state index in [9.17, 15) is 15.3 Å². The van der Waals surface area contributed by atoms with Crippen molar-refractivity contribution in [2.75, 3.05) is 7.11 Å². The minimum atomic E-state index is -1.13. The molecule has 0 bridgehead atoms. The van der Waals surface area contributed by atoms with Crippen molar-refractivity contribution in [2.24, 2.45) is 0 Å². The Bertz CT molecular complexity index is 1410. The zero-order valence-electron chi connectivity index (χ0n) is 35.1. The third-order valence-corrected chi connectivity index (χ3v) is 10.2. The van der Waals surface area contributed by atoms with E-state index in [0.29, 0.717) is 17.6 Å². The number of aliphatic hydroxyl groups excluding tert-OH is 3. The molecule has 2 atom stereocenters. The largest absolute Gasteiger partial charge is 0.506 e. The average Bonchev–Trinajstić information content (AvgIpc) is 3.07. The Labute approximate surface area is 319 Å². The first-order chi connectivity index (χ1) is 24.7. The van der Waals surface area contributed by atoms with Crippen LogP contribution in [-0.4, -0.2) is 34.6 Å². The molecule has 2 unspecified atom stereocenters. The maximum absolute atomic E-state index is 10.6. The maximum Gasteiger partial charge on any atom is 0.169 e. The van der Waals surface area contributed by atoms with Crippen molar-refractivity contribution in [3.05, 3.63) is 116 Å². The monoisotopic (exact) mass is 717 g/mol. The van der Waals surface area contributed by atoms with Gasteiger partial charge in [0.05, 0.1) is 7.11 Å². The van der Waals surface area contributed by atoms with E-state index >= 15 is 0 Å². The summed E-state index contributed by atoms with van der Waals surface area (Å²) in [4.78, 5) is 0. The highest BCUT2D eigenvalue weighted by Gasteiger charge is 2.33. The molecule has 0 spiro atoms. The van der Waals surface area contributed by atoms with Gasteiger partial charge in [0.25, 0.3) is 0 Å². The molecule has 0 aromatic carbocycles. The molecule has 0 amide bonds. The number of aliphatic hydroxyl groups is 3. The van der Waals surface area contributed by atoms with Gasteiger partial charge in [-0.1, -0.05) is 93.2 Å². The molecule has 0 saturated heterocycles. The average molecular weight is 717 g/mol. The topological polar surface area (TPSA) is 69.9 Å². The van der Waals surface area contributed by atoms with Crippen molar-refractivity contribution in [1.29, 1.82) is 0 Å². The molecular formula is C48H76O4. The number of ether oxygens (including phenoxy) is 1. The van der Waals surface area contributed by atoms with Crippen LogP contribution < -0.4 is 0 Å². The molecule has 0 fully saturated rings. The minimum absolute atomic E-state index is 0.0306. The fraction of sp³-hybridized carbons (Fsp3) is 0.583. The van der Waals surface area contributed by atoms with Crippen LogP contribution in [0.5, 0.6) is 0 Å². The van der Waals surface area contributed by atoms with E-state index in [1.807, 2.05) is 0 Å². The summed E-state index contributed by atoms with van der Waals surface area (Å²) in [6.45, 7) is 21.8. The first-order valence-electron chi connectivity index (χ1n) is 19.9. The van der Waals surface area contributed by atoms with Gasteiger partial charge in [0.1, 0.15) is 12.2 Å². The van der Waals surface area contributed by atoms with Gasteiger partial charge in [-0.3, -0.25) is 0 Å². The fourth-order valence-corrected chi connectivity index (χ4v) is 6.38. The van der Waals surface area contributed by atoms with Crippen LogP contribution in [0.4, 0.5) is 0 Å². The third kappa shape index (κ3) is 20.2. The second kappa shape index (κ2) is 26.6. The second-order valence-electron chi connectivity index (χ2n) is 15.6. The zero-order valence-corrected chi connectivity index (χ0v) is 35.1. The van der Waals surface area contributed by atoms with Gasteiger partial charge in [0.15, 0.2) is 11.5 Å². The van der Waals surface area contributed by atoms with Crippen LogP contribution in [-0.2, 0) is 4.74 Å². The minimum Gasteiger partial charge on any atom is -0.506 e. The zero-order chi connectivity index (χ0) is 39.1. The van der Waals surface area contributed by atoms with E-state index in [-0.39, 0.29) is 11.5 Å². The number of methoxy groups -OCH3 is 1. The summed E-state index contributed by atoms with van der Waals surface area (Å²) in [6, 6.07) is 0. The van der Waals surface area contributed by atoms with E-state index in [1.54, 1.807) is 6.92 Å². The Morgan fingerprint density at radius 2 is 0.769 bits per heavy atom. The van der Waals surface area contributed by atoms with Crippen LogP contribution in [0.3, 0.4) is 0 Å². The van der Waals surface area contributed by atoms with Crippen LogP contribution in [0.1, 0.15) is 166 Å². The fourth-order valence-electron chi connectivity index (χ4n) is 6.38. The number of hydrogen-bond donors (Lipinski definition) is 3. The lowest BCUT2D eigenvalue weighted by atomic mass is 9.88. The smallest absolute Gasteiger partial charge is 0.169 e. The van der Waals surface area contributed by atoms with Crippen molar-refractivity contribution in [1.82, 2.24) is 0 Å². The lowest BCUT2D eigenvalue weighted by Crippen LogP contribution is -2.30. The van der Waals surface area contributed by atoms with Gasteiger partial charge in [0.2, 0.25) is 0 Å². The predicted molar refractivity (Wildman–Crippen MR) is 226 cm³/mol. The van der Waals surface area contributed by atoms with Crippen LogP contribution in [0.2, 0.25) is 0 Å². The summed E-state index contributed by atoms with van der Waals surface area (Å²) in [5.41, 5.74) is 12.8. The van der Waals surface area contributed by atoms with Crippen molar-refractivity contribution in [2.45, 2.75) is 178 Å². The van der Waals surface area contributed by atoms with Crippen LogP contribution in [0.25, 0.3) is 0 Å². The first kappa shape index (κ1) is 46.9. The van der Waals surface area contributed by atoms with E-state index in [0.717, 1.165) is 77.0 Å². The molecule has 0 heterocycles. The van der Waals surface area contributed by atoms with Crippen molar-refractivity contribution >= 4 is 0 Å². The normalized spacial score (nSPS) is 18.8. The number of rotatable bonds is 24. The van der Waals surface area contributed by atoms with E-state index in [2.05, 4.69) is 111 Å². The highest BCUT2D eigenvalue weighted by Crippen LogP contribution is 2.32. The van der Waals surface area contributed by atoms with Gasteiger partial charge in [-0.2, -0.15) is 0 Å². The molecule has 0 aliphatic heterocycles. The molecular weight excluding hydrogens is 641 g/mol. The standard InChI is InChI=1S/C48H76O4/c1-35(2)19-12-20-36(3)21-13-22-37(4)23-14-24-38(5)25-15-26-39(6)27-16-28-40(7)29-17-30-41(8)31-18-32-42(9)33-34-44-43(10)45(49)47(51)48(52-11)46(44)50/h19,21,23,25,27,29,31,33,45-46,49-51H,12-18,20,22,24,26,28,30,32,34H2,1-11H3. The van der Waals surface area contributed by atoms with Crippen LogP contribution >= 0.6 is 0 Å². The van der Waals surface area contributed by atoms with E-state index in [4.69, 9.17) is 4.74 Å². The summed E-state index contributed by atoms with van der Waals surface area (Å²) in [5, 5.41) is 31.0. The molecule has 0 aromatic rings. The number of hydrogen-bond acceptors (Lipinski definition) is 4. The molecule has 0 aromatic heterocycles. The molecule has 4 nitrogen and oxygen atoms in total. The second-order valence-corrected chi connectivity index (χ2v) is 15.6. The lowest BCUT2D eigenvalue weighted by molar-refractivity contribution is 0.0936. The molecule has 0 radical (unpaired) electrons. The van der Waals surface area contributed by atoms with Gasteiger partial charge in [0, 0.05) is 0 Å². The highest BCUT2D eigenvalue weighted by molar-refractivity contribution is 5.39. The van der Waals surface area contributed by atoms with Gasteiger partial charge >= 0.3 is 0 Å². The van der Waals surface area contributed by atoms with Crippen molar-refractivity contribution in [3.63, 3.8) is 0 Å². The lowest BCUT2D eigenvalue weighted by Gasteiger charge is -2.28. The van der Waals surface area contributed by atoms with E-state index < -0.39 is 12.2 Å². The van der Waals surface area contributed by atoms with Crippen LogP contribution in [0.15, 0.2) is 116 Å². The Hall–Kier alpha value is -3.08. The Balaban J connectivity index is 2.32. The molecule has 1 aliphatic rings. The summed E-state index contributed by atoms with van der Waals surface area (Å²) in [7, 11) is 1.39. The molecule has 4 heteroatoms. The van der Waals surface area contributed by atoms with Gasteiger partial charge in [-0.25, -0.2) is 0 Å². The van der Waals surface area contributed by atoms with Gasteiger partial charge in [-0.05, 0) is 177 Å². The van der Waals surface area contributed by atoms with Crippen LogP contribution in [0, 0.1) is 0 Å². The van der Waals surface area contributed by atoms with Gasteiger partial charge < -0.3 is 20.1 Å². The molecule has 1 aliphatic carbocycles. The van der Waals surface area contributed by atoms with Gasteiger partial charge in [-0.15, -0.1) is 0 Å². The Morgan fingerprint density at radius 3 is 1.06 bits per heavy atom. The number of allylic oxidation sites excluding steroid dienone is 16. The first-order valence-corrected chi connectivity index (χ1v) is 19.9. The quantitative estimate of drug-likeness (QED) is 0.0870. The summed E-state index contributed by atoms with van der Waals surface area (Å²) in [5.74, 6) is -0.275. The maximum atomic E-state index is 10.6. The summed E-state index contributed by atoms with van der Waals surface area (Å²) >= 11 is 0. The van der Waals surface area contributed by atoms with E-state index in [1.165, 1.54) is 64.5 Å². The molecule has 1 rings (SSSR count). The predicted octanol–water partition coefficient (Wildman–Crippen LogP) is 13.9. The van der Waals surface area contributed by atoms with Crippen molar-refractivity contribution < 1.29 is 20.1 Å². The molecule has 0 saturated carbocycles. The molecule has 52 heavy (non-hydrogen) atoms. The Kier molecular flexibility index (Phi) is 24.1.